The van der Waals surface area contributed by atoms with E-state index in [-0.39, 0.29) is 6.61 Å². The second-order valence-corrected chi connectivity index (χ2v) is 5.91. The highest BCUT2D eigenvalue weighted by molar-refractivity contribution is 7.10. The van der Waals surface area contributed by atoms with Crippen molar-refractivity contribution < 1.29 is 9.84 Å². The van der Waals surface area contributed by atoms with Crippen molar-refractivity contribution in [2.75, 3.05) is 6.61 Å². The fourth-order valence-corrected chi connectivity index (χ4v) is 3.04. The van der Waals surface area contributed by atoms with Gasteiger partial charge in [-0.3, -0.25) is 0 Å². The molecule has 1 saturated carbocycles. The number of ether oxygens (including phenoxy) is 1. The summed E-state index contributed by atoms with van der Waals surface area (Å²) in [6, 6.07) is 2.00. The first-order valence-electron chi connectivity index (χ1n) is 6.57. The summed E-state index contributed by atoms with van der Waals surface area (Å²) in [6.45, 7) is 2.89. The molecule has 0 amide bonds. The topological polar surface area (TPSA) is 29.5 Å². The van der Waals surface area contributed by atoms with E-state index in [1.54, 1.807) is 11.3 Å². The first kappa shape index (κ1) is 13.6. The summed E-state index contributed by atoms with van der Waals surface area (Å²) in [4.78, 5) is 1.18. The van der Waals surface area contributed by atoms with Gasteiger partial charge in [0.15, 0.2) is 0 Å². The zero-order valence-electron chi connectivity index (χ0n) is 10.8. The highest BCUT2D eigenvalue weighted by Crippen LogP contribution is 2.27. The Labute approximate surface area is 113 Å². The van der Waals surface area contributed by atoms with Crippen molar-refractivity contribution in [1.29, 1.82) is 0 Å². The second-order valence-electron chi connectivity index (χ2n) is 4.91. The van der Waals surface area contributed by atoms with Gasteiger partial charge in [-0.05, 0) is 43.0 Å². The number of thiophene rings is 1. The van der Waals surface area contributed by atoms with Gasteiger partial charge in [0.2, 0.25) is 0 Å². The molecule has 0 atom stereocenters. The van der Waals surface area contributed by atoms with Gasteiger partial charge in [0, 0.05) is 10.4 Å². The molecule has 1 aromatic rings. The Hall–Kier alpha value is -0.820. The predicted molar refractivity (Wildman–Crippen MR) is 74.5 cm³/mol. The van der Waals surface area contributed by atoms with Crippen molar-refractivity contribution in [3.8, 4) is 11.8 Å². The van der Waals surface area contributed by atoms with Crippen LogP contribution in [0, 0.1) is 17.8 Å². The van der Waals surface area contributed by atoms with E-state index in [0.29, 0.717) is 12.7 Å². The maximum absolute atomic E-state index is 8.71. The van der Waals surface area contributed by atoms with Crippen LogP contribution in [0.25, 0.3) is 0 Å². The third-order valence-electron chi connectivity index (χ3n) is 3.46. The molecule has 1 aromatic heterocycles. The van der Waals surface area contributed by atoms with Crippen LogP contribution in [0.2, 0.25) is 0 Å². The Balaban J connectivity index is 1.85. The molecule has 0 spiro atoms. The molecule has 0 saturated heterocycles. The van der Waals surface area contributed by atoms with Crippen molar-refractivity contribution in [1.82, 2.24) is 0 Å². The molecule has 1 heterocycles. The zero-order chi connectivity index (χ0) is 12.8. The normalized spacial score (nSPS) is 23.4. The summed E-state index contributed by atoms with van der Waals surface area (Å²) in [5.74, 6) is 6.52. The molecule has 98 valence electrons. The Bertz CT molecular complexity index is 419. The molecule has 2 nitrogen and oxygen atoms in total. The first-order valence-corrected chi connectivity index (χ1v) is 7.45. The zero-order valence-corrected chi connectivity index (χ0v) is 11.6. The highest BCUT2D eigenvalue weighted by atomic mass is 32.1. The number of aliphatic hydroxyl groups is 1. The molecule has 0 aliphatic heterocycles. The van der Waals surface area contributed by atoms with Gasteiger partial charge >= 0.3 is 0 Å². The van der Waals surface area contributed by atoms with Gasteiger partial charge < -0.3 is 9.84 Å². The second kappa shape index (κ2) is 6.94. The summed E-state index contributed by atoms with van der Waals surface area (Å²) in [7, 11) is 0. The first-order chi connectivity index (χ1) is 8.79. The molecule has 0 bridgehead atoms. The molecule has 3 heteroatoms. The standard InChI is InChI=1S/C15H20O2S/c1-12-4-6-14(7-5-12)17-11-15-13(3-2-9-16)8-10-18-15/h8,10,12,14,16H,4-7,9,11H2,1H3. The van der Waals surface area contributed by atoms with E-state index in [4.69, 9.17) is 9.84 Å². The monoisotopic (exact) mass is 264 g/mol. The van der Waals surface area contributed by atoms with Gasteiger partial charge in [-0.1, -0.05) is 18.8 Å². The van der Waals surface area contributed by atoms with E-state index in [0.717, 1.165) is 11.5 Å². The highest BCUT2D eigenvalue weighted by Gasteiger charge is 2.18. The Morgan fingerprint density at radius 3 is 2.89 bits per heavy atom. The van der Waals surface area contributed by atoms with Crippen molar-refractivity contribution >= 4 is 11.3 Å². The molecule has 0 unspecified atom stereocenters. The number of rotatable bonds is 3. The van der Waals surface area contributed by atoms with E-state index in [1.165, 1.54) is 30.6 Å². The maximum Gasteiger partial charge on any atom is 0.104 e. The average Bonchev–Trinajstić information content (AvgIpc) is 2.83. The minimum absolute atomic E-state index is 0.0866. The largest absolute Gasteiger partial charge is 0.384 e. The maximum atomic E-state index is 8.71. The molecule has 0 aromatic carbocycles. The molecule has 1 N–H and O–H groups in total. The van der Waals surface area contributed by atoms with Crippen LogP contribution >= 0.6 is 11.3 Å². The van der Waals surface area contributed by atoms with Gasteiger partial charge in [0.25, 0.3) is 0 Å². The molecule has 1 aliphatic rings. The summed E-state index contributed by atoms with van der Waals surface area (Å²) < 4.78 is 5.98. The summed E-state index contributed by atoms with van der Waals surface area (Å²) in [5.41, 5.74) is 0.998. The van der Waals surface area contributed by atoms with Crippen LogP contribution in [0.4, 0.5) is 0 Å². The van der Waals surface area contributed by atoms with Crippen molar-refractivity contribution in [2.24, 2.45) is 5.92 Å². The Morgan fingerprint density at radius 2 is 2.17 bits per heavy atom. The number of hydrogen-bond acceptors (Lipinski definition) is 3. The Kier molecular flexibility index (Phi) is 5.25. The van der Waals surface area contributed by atoms with E-state index < -0.39 is 0 Å². The van der Waals surface area contributed by atoms with Gasteiger partial charge in [-0.2, -0.15) is 0 Å². The fraction of sp³-hybridized carbons (Fsp3) is 0.600. The summed E-state index contributed by atoms with van der Waals surface area (Å²) >= 11 is 1.68. The number of aliphatic hydroxyl groups excluding tert-OH is 1. The lowest BCUT2D eigenvalue weighted by Gasteiger charge is -2.26. The van der Waals surface area contributed by atoms with Crippen LogP contribution in [0.1, 0.15) is 43.0 Å². The third-order valence-corrected chi connectivity index (χ3v) is 4.35. The molecule has 1 fully saturated rings. The van der Waals surface area contributed by atoms with Crippen LogP contribution < -0.4 is 0 Å². The van der Waals surface area contributed by atoms with Crippen LogP contribution in [-0.4, -0.2) is 17.8 Å². The van der Waals surface area contributed by atoms with Gasteiger partial charge in [-0.25, -0.2) is 0 Å². The van der Waals surface area contributed by atoms with Crippen LogP contribution in [0.3, 0.4) is 0 Å². The Morgan fingerprint density at radius 1 is 1.39 bits per heavy atom. The van der Waals surface area contributed by atoms with Crippen molar-refractivity contribution in [3.05, 3.63) is 21.9 Å². The van der Waals surface area contributed by atoms with Crippen LogP contribution in [0.15, 0.2) is 11.4 Å². The smallest absolute Gasteiger partial charge is 0.104 e. The fourth-order valence-electron chi connectivity index (χ4n) is 2.29. The lowest BCUT2D eigenvalue weighted by Crippen LogP contribution is -2.20. The average molecular weight is 264 g/mol. The SMILES string of the molecule is CC1CCC(OCc2sccc2C#CCO)CC1. The summed E-state index contributed by atoms with van der Waals surface area (Å²) in [5, 5.41) is 10.7. The van der Waals surface area contributed by atoms with Crippen molar-refractivity contribution in [2.45, 2.75) is 45.3 Å². The lowest BCUT2D eigenvalue weighted by atomic mass is 9.89. The van der Waals surface area contributed by atoms with Crippen LogP contribution in [0.5, 0.6) is 0 Å². The summed E-state index contributed by atoms with van der Waals surface area (Å²) in [6.07, 6.45) is 5.36. The van der Waals surface area contributed by atoms with E-state index >= 15 is 0 Å². The minimum Gasteiger partial charge on any atom is -0.384 e. The molecule has 0 radical (unpaired) electrons. The molecular formula is C15H20O2S. The molecular weight excluding hydrogens is 244 g/mol. The molecule has 18 heavy (non-hydrogen) atoms. The van der Waals surface area contributed by atoms with E-state index in [9.17, 15) is 0 Å². The van der Waals surface area contributed by atoms with Gasteiger partial charge in [0.1, 0.15) is 6.61 Å². The number of hydrogen-bond donors (Lipinski definition) is 1. The van der Waals surface area contributed by atoms with Crippen LogP contribution in [-0.2, 0) is 11.3 Å². The van der Waals surface area contributed by atoms with Crippen molar-refractivity contribution in [3.63, 3.8) is 0 Å². The quantitative estimate of drug-likeness (QED) is 0.850. The van der Waals surface area contributed by atoms with E-state index in [2.05, 4.69) is 18.8 Å². The van der Waals surface area contributed by atoms with E-state index in [1.807, 2.05) is 11.4 Å². The molecule has 2 rings (SSSR count). The minimum atomic E-state index is -0.0866. The molecule has 1 aliphatic carbocycles. The van der Waals surface area contributed by atoms with Gasteiger partial charge in [-0.15, -0.1) is 11.3 Å². The lowest BCUT2D eigenvalue weighted by molar-refractivity contribution is 0.00997. The third kappa shape index (κ3) is 3.84. The van der Waals surface area contributed by atoms with Gasteiger partial charge in [0.05, 0.1) is 12.7 Å². The predicted octanol–water partition coefficient (Wildman–Crippen LogP) is 3.19.